The van der Waals surface area contributed by atoms with Gasteiger partial charge in [0.25, 0.3) is 0 Å². The van der Waals surface area contributed by atoms with E-state index in [1.807, 2.05) is 6.92 Å². The average Bonchev–Trinajstić information content (AvgIpc) is 2.87. The number of anilines is 1. The van der Waals surface area contributed by atoms with Crippen molar-refractivity contribution in [3.05, 3.63) is 81.8 Å². The molecule has 0 fully saturated rings. The summed E-state index contributed by atoms with van der Waals surface area (Å²) in [6, 6.07) is 15.6. The number of benzene rings is 3. The Morgan fingerprint density at radius 1 is 0.917 bits per heavy atom. The van der Waals surface area contributed by atoms with Crippen LogP contribution in [0.1, 0.15) is 22.8 Å². The number of rotatable bonds is 8. The minimum Gasteiger partial charge on any atom is -0.494 e. The van der Waals surface area contributed by atoms with Crippen LogP contribution in [0, 0.1) is 0 Å². The van der Waals surface area contributed by atoms with Gasteiger partial charge in [0, 0.05) is 5.69 Å². The smallest absolute Gasteiger partial charge is 0.343 e. The number of carbonyl (C=O) groups is 3. The van der Waals surface area contributed by atoms with E-state index in [2.05, 4.69) is 15.8 Å². The highest BCUT2D eigenvalue weighted by atomic mass is 35.5. The van der Waals surface area contributed by atoms with E-state index in [0.717, 1.165) is 0 Å². The molecule has 0 heterocycles. The van der Waals surface area contributed by atoms with Crippen molar-refractivity contribution in [3.63, 3.8) is 0 Å². The van der Waals surface area contributed by atoms with Crippen molar-refractivity contribution in [3.8, 4) is 17.2 Å². The summed E-state index contributed by atoms with van der Waals surface area (Å²) in [6.07, 6.45) is 1.30. The molecule has 0 spiro atoms. The highest BCUT2D eigenvalue weighted by molar-refractivity contribution is 6.43. The average molecular weight is 530 g/mol. The van der Waals surface area contributed by atoms with Crippen LogP contribution in [0.15, 0.2) is 65.8 Å². The van der Waals surface area contributed by atoms with Gasteiger partial charge in [-0.25, -0.2) is 10.2 Å². The van der Waals surface area contributed by atoms with E-state index in [0.29, 0.717) is 34.2 Å². The van der Waals surface area contributed by atoms with Crippen LogP contribution in [0.2, 0.25) is 10.0 Å². The first-order valence-corrected chi connectivity index (χ1v) is 11.3. The molecule has 3 aromatic carbocycles. The van der Waals surface area contributed by atoms with Crippen molar-refractivity contribution in [2.24, 2.45) is 5.10 Å². The molecular weight excluding hydrogens is 509 g/mol. The number of esters is 1. The van der Waals surface area contributed by atoms with E-state index in [-0.39, 0.29) is 16.5 Å². The molecule has 0 bridgehead atoms. The fourth-order valence-corrected chi connectivity index (χ4v) is 3.14. The van der Waals surface area contributed by atoms with Gasteiger partial charge in [0.1, 0.15) is 5.75 Å². The van der Waals surface area contributed by atoms with Gasteiger partial charge >= 0.3 is 17.8 Å². The predicted octanol–water partition coefficient (Wildman–Crippen LogP) is 4.71. The van der Waals surface area contributed by atoms with Crippen molar-refractivity contribution in [1.82, 2.24) is 5.43 Å². The summed E-state index contributed by atoms with van der Waals surface area (Å²) in [7, 11) is 1.42. The van der Waals surface area contributed by atoms with Crippen molar-refractivity contribution < 1.29 is 28.6 Å². The number of nitrogens with zero attached hydrogens (tertiary/aromatic N) is 1. The molecule has 0 aliphatic rings. The topological polar surface area (TPSA) is 115 Å². The number of hydrazone groups is 1. The lowest BCUT2D eigenvalue weighted by Gasteiger charge is -2.10. The standard InChI is InChI=1S/C25H21Cl2N3O6/c1-3-35-18-8-5-16(6-9-18)25(33)36-21-11-4-15(12-22(21)34-2)14-28-30-24(32)23(31)29-17-7-10-19(26)20(27)13-17/h4-14H,3H2,1-2H3,(H,29,31)(H,30,32)/b28-14+. The first kappa shape index (κ1) is 26.5. The summed E-state index contributed by atoms with van der Waals surface area (Å²) < 4.78 is 16.1. The first-order valence-electron chi connectivity index (χ1n) is 10.5. The fourth-order valence-electron chi connectivity index (χ4n) is 2.84. The summed E-state index contributed by atoms with van der Waals surface area (Å²) in [6.45, 7) is 2.39. The van der Waals surface area contributed by atoms with E-state index in [4.69, 9.17) is 37.4 Å². The molecule has 0 saturated carbocycles. The summed E-state index contributed by atoms with van der Waals surface area (Å²) in [4.78, 5) is 36.5. The van der Waals surface area contributed by atoms with E-state index < -0.39 is 17.8 Å². The van der Waals surface area contributed by atoms with Crippen LogP contribution in [0.4, 0.5) is 5.69 Å². The van der Waals surface area contributed by atoms with Gasteiger partial charge < -0.3 is 19.5 Å². The monoisotopic (exact) mass is 529 g/mol. The molecule has 0 radical (unpaired) electrons. The van der Waals surface area contributed by atoms with Crippen LogP contribution >= 0.6 is 23.2 Å². The normalized spacial score (nSPS) is 10.6. The van der Waals surface area contributed by atoms with Gasteiger partial charge in [-0.1, -0.05) is 23.2 Å². The number of ether oxygens (including phenoxy) is 3. The summed E-state index contributed by atoms with van der Waals surface area (Å²) in [5, 5.41) is 6.69. The maximum absolute atomic E-state index is 12.5. The lowest BCUT2D eigenvalue weighted by molar-refractivity contribution is -0.136. The van der Waals surface area contributed by atoms with Crippen molar-refractivity contribution in [2.45, 2.75) is 6.92 Å². The Balaban J connectivity index is 1.59. The van der Waals surface area contributed by atoms with Gasteiger partial charge in [-0.2, -0.15) is 5.10 Å². The Bertz CT molecular complexity index is 1300. The molecule has 0 atom stereocenters. The van der Waals surface area contributed by atoms with Crippen LogP contribution in [0.25, 0.3) is 0 Å². The highest BCUT2D eigenvalue weighted by Crippen LogP contribution is 2.29. The molecular formula is C25H21Cl2N3O6. The van der Waals surface area contributed by atoms with Crippen LogP contribution in [0.3, 0.4) is 0 Å². The van der Waals surface area contributed by atoms with E-state index in [1.165, 1.54) is 37.6 Å². The SMILES string of the molecule is CCOc1ccc(C(=O)Oc2ccc(/C=N/NC(=O)C(=O)Nc3ccc(Cl)c(Cl)c3)cc2OC)cc1. The highest BCUT2D eigenvalue weighted by Gasteiger charge is 2.15. The molecule has 0 aliphatic carbocycles. The van der Waals surface area contributed by atoms with E-state index in [9.17, 15) is 14.4 Å². The van der Waals surface area contributed by atoms with Crippen LogP contribution in [-0.4, -0.2) is 37.7 Å². The molecule has 2 N–H and O–H groups in total. The van der Waals surface area contributed by atoms with E-state index >= 15 is 0 Å². The predicted molar refractivity (Wildman–Crippen MR) is 136 cm³/mol. The number of methoxy groups -OCH3 is 1. The van der Waals surface area contributed by atoms with Gasteiger partial charge in [-0.3, -0.25) is 9.59 Å². The Kier molecular flexibility index (Phi) is 9.26. The quantitative estimate of drug-likeness (QED) is 0.143. The zero-order valence-corrected chi connectivity index (χ0v) is 20.7. The molecule has 0 aliphatic heterocycles. The third-order valence-corrected chi connectivity index (χ3v) is 5.29. The van der Waals surface area contributed by atoms with Crippen molar-refractivity contribution in [2.75, 3.05) is 19.0 Å². The second-order valence-electron chi connectivity index (χ2n) is 7.04. The summed E-state index contributed by atoms with van der Waals surface area (Å²) >= 11 is 11.7. The number of hydrogen-bond donors (Lipinski definition) is 2. The molecule has 0 saturated heterocycles. The largest absolute Gasteiger partial charge is 0.494 e. The third-order valence-electron chi connectivity index (χ3n) is 4.55. The number of halogens is 2. The molecule has 11 heteroatoms. The maximum Gasteiger partial charge on any atom is 0.343 e. The minimum absolute atomic E-state index is 0.193. The molecule has 3 aromatic rings. The fraction of sp³-hybridized carbons (Fsp3) is 0.120. The molecule has 0 unspecified atom stereocenters. The lowest BCUT2D eigenvalue weighted by atomic mass is 10.2. The van der Waals surface area contributed by atoms with Gasteiger partial charge in [0.15, 0.2) is 11.5 Å². The molecule has 2 amide bonds. The van der Waals surface area contributed by atoms with Crippen LogP contribution in [-0.2, 0) is 9.59 Å². The zero-order valence-electron chi connectivity index (χ0n) is 19.2. The van der Waals surface area contributed by atoms with Gasteiger partial charge in [-0.05, 0) is 73.2 Å². The van der Waals surface area contributed by atoms with Crippen molar-refractivity contribution >= 4 is 52.9 Å². The number of hydrogen-bond acceptors (Lipinski definition) is 7. The minimum atomic E-state index is -0.995. The zero-order chi connectivity index (χ0) is 26.1. The Labute approximate surface area is 216 Å². The Morgan fingerprint density at radius 2 is 1.67 bits per heavy atom. The van der Waals surface area contributed by atoms with Gasteiger partial charge in [0.05, 0.1) is 35.5 Å². The molecule has 0 aromatic heterocycles. The number of amides is 2. The summed E-state index contributed by atoms with van der Waals surface area (Å²) in [5.74, 6) is -1.41. The number of nitrogens with one attached hydrogen (secondary N) is 2. The lowest BCUT2D eigenvalue weighted by Crippen LogP contribution is -2.32. The first-order chi connectivity index (χ1) is 17.3. The second-order valence-corrected chi connectivity index (χ2v) is 7.85. The molecule has 3 rings (SSSR count). The third kappa shape index (κ3) is 7.21. The van der Waals surface area contributed by atoms with Crippen molar-refractivity contribution in [1.29, 1.82) is 0 Å². The summed E-state index contributed by atoms with van der Waals surface area (Å²) in [5.41, 5.74) is 3.27. The van der Waals surface area contributed by atoms with Gasteiger partial charge in [-0.15, -0.1) is 0 Å². The number of carbonyl (C=O) groups excluding carboxylic acids is 3. The molecule has 36 heavy (non-hydrogen) atoms. The molecule has 9 nitrogen and oxygen atoms in total. The molecule has 186 valence electrons. The Morgan fingerprint density at radius 3 is 2.33 bits per heavy atom. The van der Waals surface area contributed by atoms with Gasteiger partial charge in [0.2, 0.25) is 0 Å². The maximum atomic E-state index is 12.5. The van der Waals surface area contributed by atoms with E-state index in [1.54, 1.807) is 36.4 Å². The second kappa shape index (κ2) is 12.6. The Hall–Kier alpha value is -4.08. The van der Waals surface area contributed by atoms with Crippen LogP contribution < -0.4 is 25.0 Å². The van der Waals surface area contributed by atoms with Crippen LogP contribution in [0.5, 0.6) is 17.2 Å².